The molecule has 13 nitrogen and oxygen atoms in total. The molecule has 2 heterocycles. The third-order valence-electron chi connectivity index (χ3n) is 7.49. The molecule has 0 amide bonds. The van der Waals surface area contributed by atoms with Crippen molar-refractivity contribution in [3.63, 3.8) is 0 Å². The highest BCUT2D eigenvalue weighted by Gasteiger charge is 2.23. The van der Waals surface area contributed by atoms with Crippen molar-refractivity contribution in [1.29, 1.82) is 0 Å². The minimum atomic E-state index is -0.320. The number of benzene rings is 3. The second-order valence-corrected chi connectivity index (χ2v) is 11.5. The van der Waals surface area contributed by atoms with E-state index in [4.69, 9.17) is 37.6 Å². The molecule has 3 aromatic carbocycles. The molecule has 0 aliphatic rings. The zero-order chi connectivity index (χ0) is 34.9. The highest BCUT2D eigenvalue weighted by molar-refractivity contribution is 7.99. The average molecular weight is 691 g/mol. The molecule has 258 valence electrons. The lowest BCUT2D eigenvalue weighted by atomic mass is 10.1. The maximum absolute atomic E-state index is 13.5. The van der Waals surface area contributed by atoms with Crippen LogP contribution in [0.5, 0.6) is 40.2 Å². The molecule has 0 aliphatic heterocycles. The van der Waals surface area contributed by atoms with E-state index in [1.54, 1.807) is 48.0 Å². The number of aromatic nitrogens is 3. The summed E-state index contributed by atoms with van der Waals surface area (Å²) in [6.07, 6.45) is 3.29. The lowest BCUT2D eigenvalue weighted by Crippen LogP contribution is -2.07. The van der Waals surface area contributed by atoms with E-state index in [2.05, 4.69) is 15.3 Å². The van der Waals surface area contributed by atoms with Crippen molar-refractivity contribution in [3.05, 3.63) is 70.1 Å². The van der Waals surface area contributed by atoms with Crippen molar-refractivity contribution in [1.82, 2.24) is 14.9 Å². The van der Waals surface area contributed by atoms with Gasteiger partial charge in [-0.3, -0.25) is 4.79 Å². The molecular formula is C35H38N4O9S. The Kier molecular flexibility index (Phi) is 11.5. The minimum Gasteiger partial charge on any atom is -0.497 e. The monoisotopic (exact) mass is 690 g/mol. The first kappa shape index (κ1) is 35.0. The number of rotatable bonds is 16. The maximum Gasteiger partial charge on any atom is 0.212 e. The summed E-state index contributed by atoms with van der Waals surface area (Å²) in [6.45, 7) is 2.21. The van der Waals surface area contributed by atoms with Gasteiger partial charge in [0.1, 0.15) is 22.5 Å². The number of ether oxygens (including phenoxy) is 7. The van der Waals surface area contributed by atoms with E-state index in [1.807, 2.05) is 31.2 Å². The molecule has 0 fully saturated rings. The summed E-state index contributed by atoms with van der Waals surface area (Å²) >= 11 is 1.55. The maximum atomic E-state index is 13.5. The number of hydrogen-bond acceptors (Lipinski definition) is 13. The van der Waals surface area contributed by atoms with Gasteiger partial charge in [-0.05, 0) is 61.7 Å². The fourth-order valence-corrected chi connectivity index (χ4v) is 5.94. The van der Waals surface area contributed by atoms with Crippen LogP contribution in [0.25, 0.3) is 22.3 Å². The van der Waals surface area contributed by atoms with Crippen molar-refractivity contribution in [2.24, 2.45) is 5.10 Å². The summed E-state index contributed by atoms with van der Waals surface area (Å²) in [6, 6.07) is 14.0. The first-order chi connectivity index (χ1) is 23.8. The van der Waals surface area contributed by atoms with Crippen LogP contribution < -0.4 is 38.6 Å². The molecule has 0 radical (unpaired) electrons. The molecule has 0 unspecified atom stereocenters. The second-order valence-electron chi connectivity index (χ2n) is 10.5. The van der Waals surface area contributed by atoms with Crippen molar-refractivity contribution >= 4 is 28.9 Å². The molecule has 0 atom stereocenters. The molecule has 0 N–H and O–H groups in total. The molecule has 0 saturated heterocycles. The predicted octanol–water partition coefficient (Wildman–Crippen LogP) is 6.25. The van der Waals surface area contributed by atoms with Crippen LogP contribution in [0.2, 0.25) is 0 Å². The number of aryl methyl sites for hydroxylation is 1. The lowest BCUT2D eigenvalue weighted by Gasteiger charge is -2.17. The molecule has 14 heteroatoms. The molecule has 0 saturated carbocycles. The molecule has 0 spiro atoms. The minimum absolute atomic E-state index is 0.229. The zero-order valence-electron chi connectivity index (χ0n) is 28.4. The van der Waals surface area contributed by atoms with Crippen molar-refractivity contribution in [2.45, 2.75) is 24.9 Å². The van der Waals surface area contributed by atoms with Gasteiger partial charge in [0.05, 0.1) is 55.5 Å². The standard InChI is InChI=1S/C35H38N4O9S/c1-21-37-38-35(39(21)36-20-22-10-12-24(41-2)13-11-22)49-15-9-8-14-47-33-30(44-5)19-27-31(34(33)46-7)25(40)18-26(48-27)23-16-28(42-3)32(45-6)29(17-23)43-4/h10-13,16-20H,8-9,14-15H2,1-7H3. The number of hydrogen-bond donors (Lipinski definition) is 0. The Bertz CT molecular complexity index is 1970. The van der Waals surface area contributed by atoms with Crippen LogP contribution in [0.3, 0.4) is 0 Å². The number of methoxy groups -OCH3 is 6. The molecule has 5 rings (SSSR count). The van der Waals surface area contributed by atoms with E-state index in [1.165, 1.54) is 41.6 Å². The smallest absolute Gasteiger partial charge is 0.212 e. The summed E-state index contributed by atoms with van der Waals surface area (Å²) in [5.74, 6) is 4.71. The van der Waals surface area contributed by atoms with Gasteiger partial charge in [-0.1, -0.05) is 11.8 Å². The van der Waals surface area contributed by atoms with Crippen molar-refractivity contribution in [3.8, 4) is 51.6 Å². The Morgan fingerprint density at radius 1 is 0.796 bits per heavy atom. The van der Waals surface area contributed by atoms with Gasteiger partial charge in [-0.15, -0.1) is 10.2 Å². The van der Waals surface area contributed by atoms with E-state index >= 15 is 0 Å². The molecular weight excluding hydrogens is 652 g/mol. The number of thioether (sulfide) groups is 1. The zero-order valence-corrected chi connectivity index (χ0v) is 29.2. The predicted molar refractivity (Wildman–Crippen MR) is 187 cm³/mol. The van der Waals surface area contributed by atoms with E-state index in [9.17, 15) is 4.79 Å². The van der Waals surface area contributed by atoms with Gasteiger partial charge in [-0.2, -0.15) is 9.78 Å². The van der Waals surface area contributed by atoms with Gasteiger partial charge in [0.15, 0.2) is 34.3 Å². The number of unbranched alkanes of at least 4 members (excludes halogenated alkanes) is 1. The Morgan fingerprint density at radius 2 is 1.47 bits per heavy atom. The SMILES string of the molecule is COc1ccc(C=Nn2c(C)nnc2SCCCCOc2c(OC)cc3oc(-c4cc(OC)c(OC)c(OC)c4)cc(=O)c3c2OC)cc1. The third kappa shape index (κ3) is 7.70. The molecule has 0 bridgehead atoms. The summed E-state index contributed by atoms with van der Waals surface area (Å²) in [5.41, 5.74) is 1.43. The molecule has 0 aliphatic carbocycles. The van der Waals surface area contributed by atoms with Crippen molar-refractivity contribution < 1.29 is 37.6 Å². The highest BCUT2D eigenvalue weighted by atomic mass is 32.2. The summed E-state index contributed by atoms with van der Waals surface area (Å²) in [7, 11) is 9.17. The average Bonchev–Trinajstić information content (AvgIpc) is 3.49. The Balaban J connectivity index is 1.27. The van der Waals surface area contributed by atoms with E-state index in [0.29, 0.717) is 64.1 Å². The van der Waals surface area contributed by atoms with Gasteiger partial charge in [0.25, 0.3) is 0 Å². The fraction of sp³-hybridized carbons (Fsp3) is 0.314. The van der Waals surface area contributed by atoms with Crippen LogP contribution in [0, 0.1) is 6.92 Å². The van der Waals surface area contributed by atoms with Crippen LogP contribution in [-0.4, -0.2) is 76.1 Å². The lowest BCUT2D eigenvalue weighted by molar-refractivity contribution is 0.271. The largest absolute Gasteiger partial charge is 0.497 e. The Hall–Kier alpha value is -5.37. The highest BCUT2D eigenvalue weighted by Crippen LogP contribution is 2.45. The van der Waals surface area contributed by atoms with E-state index < -0.39 is 0 Å². The van der Waals surface area contributed by atoms with Crippen LogP contribution in [0.4, 0.5) is 0 Å². The molecule has 5 aromatic rings. The van der Waals surface area contributed by atoms with Crippen molar-refractivity contribution in [2.75, 3.05) is 55.0 Å². The van der Waals surface area contributed by atoms with Crippen LogP contribution in [0.1, 0.15) is 24.2 Å². The first-order valence-corrected chi connectivity index (χ1v) is 16.2. The Labute approximate surface area is 287 Å². The van der Waals surface area contributed by atoms with Gasteiger partial charge in [-0.25, -0.2) is 0 Å². The van der Waals surface area contributed by atoms with Gasteiger partial charge >= 0.3 is 0 Å². The normalized spacial score (nSPS) is 11.2. The summed E-state index contributed by atoms with van der Waals surface area (Å²) in [4.78, 5) is 13.5. The molecule has 2 aromatic heterocycles. The van der Waals surface area contributed by atoms with Gasteiger partial charge in [0, 0.05) is 23.4 Å². The fourth-order valence-electron chi connectivity index (χ4n) is 5.01. The number of fused-ring (bicyclic) bond motifs is 1. The third-order valence-corrected chi connectivity index (χ3v) is 8.50. The van der Waals surface area contributed by atoms with E-state index in [-0.39, 0.29) is 22.1 Å². The topological polar surface area (TPSA) is 138 Å². The van der Waals surface area contributed by atoms with Crippen LogP contribution in [0.15, 0.2) is 68.0 Å². The molecule has 49 heavy (non-hydrogen) atoms. The quantitative estimate of drug-likeness (QED) is 0.0658. The Morgan fingerprint density at radius 3 is 2.10 bits per heavy atom. The second kappa shape index (κ2) is 16.2. The van der Waals surface area contributed by atoms with Gasteiger partial charge in [0.2, 0.25) is 16.7 Å². The van der Waals surface area contributed by atoms with Crippen LogP contribution in [-0.2, 0) is 0 Å². The van der Waals surface area contributed by atoms with Gasteiger partial charge < -0.3 is 37.6 Å². The summed E-state index contributed by atoms with van der Waals surface area (Å²) in [5, 5.41) is 13.9. The number of nitrogens with zero attached hydrogens (tertiary/aromatic N) is 4. The first-order valence-electron chi connectivity index (χ1n) is 15.2. The summed E-state index contributed by atoms with van der Waals surface area (Å²) < 4.78 is 47.0. The van der Waals surface area contributed by atoms with Crippen LogP contribution >= 0.6 is 11.8 Å². The van der Waals surface area contributed by atoms with E-state index in [0.717, 1.165) is 23.5 Å².